The minimum atomic E-state index is 0.289. The lowest BCUT2D eigenvalue weighted by molar-refractivity contribution is -0.116. The second-order valence-corrected chi connectivity index (χ2v) is 5.95. The number of Topliss-reactive ketones (excluding diaryl/α,β-unsaturated/α-hetero) is 1. The second-order valence-electron chi connectivity index (χ2n) is 5.28. The first-order chi connectivity index (χ1) is 7.65. The van der Waals surface area contributed by atoms with Gasteiger partial charge in [0.25, 0.3) is 0 Å². The lowest BCUT2D eigenvalue weighted by Crippen LogP contribution is -2.29. The van der Waals surface area contributed by atoms with Crippen molar-refractivity contribution in [1.29, 1.82) is 0 Å². The Kier molecular flexibility index (Phi) is 4.34. The topological polar surface area (TPSA) is 29.5 Å². The van der Waals surface area contributed by atoms with Crippen LogP contribution in [0.1, 0.15) is 39.0 Å². The van der Waals surface area contributed by atoms with Crippen LogP contribution in [0.4, 0.5) is 0 Å². The van der Waals surface area contributed by atoms with Crippen LogP contribution in [0.2, 0.25) is 0 Å². The largest absolute Gasteiger partial charge is 0.377 e. The second kappa shape index (κ2) is 5.57. The van der Waals surface area contributed by atoms with Crippen LogP contribution >= 0.6 is 9.39 Å². The molecule has 16 heavy (non-hydrogen) atoms. The molecule has 1 heterocycles. The highest BCUT2D eigenvalue weighted by atomic mass is 31.0. The summed E-state index contributed by atoms with van der Waals surface area (Å²) in [5, 5.41) is 0. The third-order valence-corrected chi connectivity index (χ3v) is 4.38. The molecule has 3 nitrogen and oxygen atoms in total. The van der Waals surface area contributed by atoms with Crippen molar-refractivity contribution >= 4 is 15.2 Å². The molecule has 0 radical (unpaired) electrons. The van der Waals surface area contributed by atoms with Crippen LogP contribution in [-0.2, 0) is 9.53 Å². The minimum Gasteiger partial charge on any atom is -0.377 e. The number of ketones is 1. The van der Waals surface area contributed by atoms with Gasteiger partial charge in [-0.25, -0.2) is 0 Å². The van der Waals surface area contributed by atoms with E-state index in [4.69, 9.17) is 4.74 Å². The lowest BCUT2D eigenvalue weighted by atomic mass is 9.89. The van der Waals surface area contributed by atoms with E-state index in [1.165, 1.54) is 25.7 Å². The van der Waals surface area contributed by atoms with Gasteiger partial charge in [-0.1, -0.05) is 16.3 Å². The SMILES string of the molecule is C[C@H]1CC[C@H](OC[C@@H]2CC(=O)CN2P)CC1. The Morgan fingerprint density at radius 3 is 2.62 bits per heavy atom. The molecule has 0 aromatic heterocycles. The molecule has 0 bridgehead atoms. The van der Waals surface area contributed by atoms with Crippen molar-refractivity contribution in [3.8, 4) is 0 Å². The van der Waals surface area contributed by atoms with E-state index >= 15 is 0 Å². The fourth-order valence-electron chi connectivity index (χ4n) is 2.58. The molecular weight excluding hydrogens is 221 g/mol. The van der Waals surface area contributed by atoms with Crippen LogP contribution in [0, 0.1) is 5.92 Å². The number of hydrogen-bond donors (Lipinski definition) is 0. The van der Waals surface area contributed by atoms with Gasteiger partial charge in [-0.05, 0) is 31.6 Å². The third-order valence-electron chi connectivity index (χ3n) is 3.78. The van der Waals surface area contributed by atoms with Crippen LogP contribution in [0.15, 0.2) is 0 Å². The maximum atomic E-state index is 11.2. The van der Waals surface area contributed by atoms with Crippen molar-refractivity contribution < 1.29 is 9.53 Å². The number of carbonyl (C=O) groups excluding carboxylic acids is 1. The number of rotatable bonds is 3. The fraction of sp³-hybridized carbons (Fsp3) is 0.917. The van der Waals surface area contributed by atoms with Gasteiger partial charge in [-0.3, -0.25) is 9.46 Å². The van der Waals surface area contributed by atoms with Gasteiger partial charge in [0.15, 0.2) is 0 Å². The molecule has 0 spiro atoms. The first-order valence-corrected chi connectivity index (χ1v) is 6.81. The highest BCUT2D eigenvalue weighted by Gasteiger charge is 2.29. The summed E-state index contributed by atoms with van der Waals surface area (Å²) in [6.45, 7) is 3.60. The molecule has 2 fully saturated rings. The van der Waals surface area contributed by atoms with E-state index in [2.05, 4.69) is 16.3 Å². The minimum absolute atomic E-state index is 0.289. The molecule has 1 unspecified atom stereocenters. The molecule has 2 rings (SSSR count). The Morgan fingerprint density at radius 1 is 1.38 bits per heavy atom. The van der Waals surface area contributed by atoms with Gasteiger partial charge in [0, 0.05) is 12.5 Å². The van der Waals surface area contributed by atoms with Crippen molar-refractivity contribution in [3.05, 3.63) is 0 Å². The Morgan fingerprint density at radius 2 is 2.06 bits per heavy atom. The normalized spacial score (nSPS) is 36.9. The Balaban J connectivity index is 1.69. The molecule has 2 aliphatic rings. The maximum Gasteiger partial charge on any atom is 0.148 e. The molecule has 0 aromatic rings. The molecule has 1 saturated heterocycles. The Bertz CT molecular complexity index is 251. The Hall–Kier alpha value is 0.0200. The number of carbonyl (C=O) groups is 1. The molecule has 0 aromatic carbocycles. The molecule has 1 saturated carbocycles. The van der Waals surface area contributed by atoms with E-state index in [0.717, 1.165) is 5.92 Å². The van der Waals surface area contributed by atoms with Crippen molar-refractivity contribution in [2.45, 2.75) is 51.2 Å². The van der Waals surface area contributed by atoms with E-state index in [-0.39, 0.29) is 6.04 Å². The summed E-state index contributed by atoms with van der Waals surface area (Å²) in [6.07, 6.45) is 6.06. The van der Waals surface area contributed by atoms with Crippen molar-refractivity contribution in [1.82, 2.24) is 4.67 Å². The summed E-state index contributed by atoms with van der Waals surface area (Å²) in [7, 11) is 2.64. The van der Waals surface area contributed by atoms with Gasteiger partial charge in [0.05, 0.1) is 19.3 Å². The van der Waals surface area contributed by atoms with Crippen LogP contribution in [0.5, 0.6) is 0 Å². The van der Waals surface area contributed by atoms with Crippen molar-refractivity contribution in [2.24, 2.45) is 5.92 Å². The smallest absolute Gasteiger partial charge is 0.148 e. The van der Waals surface area contributed by atoms with Crippen LogP contribution in [0.3, 0.4) is 0 Å². The third kappa shape index (κ3) is 3.26. The quantitative estimate of drug-likeness (QED) is 0.710. The average Bonchev–Trinajstić information content (AvgIpc) is 2.57. The first-order valence-electron chi connectivity index (χ1n) is 6.30. The maximum absolute atomic E-state index is 11.2. The lowest BCUT2D eigenvalue weighted by Gasteiger charge is -2.28. The number of ether oxygens (including phenoxy) is 1. The molecule has 1 aliphatic heterocycles. The van der Waals surface area contributed by atoms with E-state index < -0.39 is 0 Å². The summed E-state index contributed by atoms with van der Waals surface area (Å²) < 4.78 is 7.96. The zero-order valence-electron chi connectivity index (χ0n) is 10.0. The summed E-state index contributed by atoms with van der Waals surface area (Å²) in [4.78, 5) is 11.2. The molecule has 0 N–H and O–H groups in total. The summed E-state index contributed by atoms with van der Waals surface area (Å²) in [6, 6.07) is 0.289. The van der Waals surface area contributed by atoms with Crippen LogP contribution < -0.4 is 0 Å². The standard InChI is InChI=1S/C12H22NO2P/c1-9-2-4-12(5-3-9)15-8-10-6-11(14)7-13(10)16/h9-10,12H,2-8,16H2,1H3/t9-,10-,12-/m0/s1. The average molecular weight is 243 g/mol. The van der Waals surface area contributed by atoms with Gasteiger partial charge >= 0.3 is 0 Å². The predicted molar refractivity (Wildman–Crippen MR) is 67.2 cm³/mol. The summed E-state index contributed by atoms with van der Waals surface area (Å²) >= 11 is 0. The monoisotopic (exact) mass is 243 g/mol. The van der Waals surface area contributed by atoms with Crippen LogP contribution in [-0.4, -0.2) is 35.8 Å². The number of hydrogen-bond acceptors (Lipinski definition) is 3. The van der Waals surface area contributed by atoms with Gasteiger partial charge in [-0.15, -0.1) is 0 Å². The number of nitrogens with zero attached hydrogens (tertiary/aromatic N) is 1. The molecule has 2 atom stereocenters. The molecular formula is C12H22NO2P. The summed E-state index contributed by atoms with van der Waals surface area (Å²) in [5.74, 6) is 1.20. The fourth-order valence-corrected chi connectivity index (χ4v) is 2.97. The highest BCUT2D eigenvalue weighted by molar-refractivity contribution is 7.13. The predicted octanol–water partition coefficient (Wildman–Crippen LogP) is 2.02. The molecule has 0 amide bonds. The summed E-state index contributed by atoms with van der Waals surface area (Å²) in [5.41, 5.74) is 0. The van der Waals surface area contributed by atoms with Gasteiger partial charge in [-0.2, -0.15) is 0 Å². The molecule has 1 aliphatic carbocycles. The van der Waals surface area contributed by atoms with E-state index in [1.807, 2.05) is 4.67 Å². The van der Waals surface area contributed by atoms with E-state index in [1.54, 1.807) is 0 Å². The first kappa shape index (κ1) is 12.5. The van der Waals surface area contributed by atoms with Crippen molar-refractivity contribution in [3.63, 3.8) is 0 Å². The van der Waals surface area contributed by atoms with E-state index in [9.17, 15) is 4.79 Å². The van der Waals surface area contributed by atoms with Gasteiger partial charge < -0.3 is 4.74 Å². The Labute approximate surface area is 100 Å². The molecule has 4 heteroatoms. The molecule has 92 valence electrons. The van der Waals surface area contributed by atoms with E-state index in [0.29, 0.717) is 31.5 Å². The van der Waals surface area contributed by atoms with Gasteiger partial charge in [0.2, 0.25) is 0 Å². The van der Waals surface area contributed by atoms with Crippen molar-refractivity contribution in [2.75, 3.05) is 13.2 Å². The highest BCUT2D eigenvalue weighted by Crippen LogP contribution is 2.27. The zero-order chi connectivity index (χ0) is 11.5. The van der Waals surface area contributed by atoms with Gasteiger partial charge in [0.1, 0.15) is 5.78 Å². The van der Waals surface area contributed by atoms with Crippen LogP contribution in [0.25, 0.3) is 0 Å². The zero-order valence-corrected chi connectivity index (χ0v) is 11.2.